The van der Waals surface area contributed by atoms with E-state index in [1.807, 2.05) is 35.2 Å². The third-order valence-electron chi connectivity index (χ3n) is 5.21. The van der Waals surface area contributed by atoms with Crippen LogP contribution in [-0.4, -0.2) is 28.9 Å². The maximum atomic E-state index is 13.2. The number of thioether (sulfide) groups is 1. The second kappa shape index (κ2) is 7.73. The summed E-state index contributed by atoms with van der Waals surface area (Å²) in [4.78, 5) is 20.1. The minimum Gasteiger partial charge on any atom is -0.341 e. The third kappa shape index (κ3) is 3.72. The second-order valence-electron chi connectivity index (χ2n) is 7.19. The van der Waals surface area contributed by atoms with Gasteiger partial charge in [-0.1, -0.05) is 60.3 Å². The van der Waals surface area contributed by atoms with E-state index in [0.717, 1.165) is 42.0 Å². The number of likely N-dealkylation sites (tertiary alicyclic amines) is 1. The Bertz CT molecular complexity index is 965. The minimum atomic E-state index is -0.252. The van der Waals surface area contributed by atoms with E-state index in [2.05, 4.69) is 38.1 Å². The van der Waals surface area contributed by atoms with Gasteiger partial charge in [0.1, 0.15) is 5.25 Å². The number of aromatic nitrogens is 1. The molecular weight excluding hydrogens is 352 g/mol. The van der Waals surface area contributed by atoms with Gasteiger partial charge in [0, 0.05) is 18.5 Å². The first-order valence-electron chi connectivity index (χ1n) is 9.51. The average molecular weight is 377 g/mol. The zero-order chi connectivity index (χ0) is 18.8. The molecule has 138 valence electrons. The summed E-state index contributed by atoms with van der Waals surface area (Å²) < 4.78 is 0. The van der Waals surface area contributed by atoms with E-state index in [1.165, 1.54) is 16.5 Å². The van der Waals surface area contributed by atoms with Crippen molar-refractivity contribution in [2.45, 2.75) is 37.0 Å². The predicted octanol–water partition coefficient (Wildman–Crippen LogP) is 5.31. The highest BCUT2D eigenvalue weighted by molar-refractivity contribution is 8.00. The number of aryl methyl sites for hydroxylation is 2. The summed E-state index contributed by atoms with van der Waals surface area (Å²) >= 11 is 1.57. The van der Waals surface area contributed by atoms with Crippen LogP contribution in [0.25, 0.3) is 10.9 Å². The summed E-state index contributed by atoms with van der Waals surface area (Å²) in [5.74, 6) is 0.202. The van der Waals surface area contributed by atoms with Crippen LogP contribution in [0, 0.1) is 13.8 Å². The summed E-state index contributed by atoms with van der Waals surface area (Å²) in [6.07, 6.45) is 2.20. The van der Waals surface area contributed by atoms with E-state index in [-0.39, 0.29) is 11.2 Å². The van der Waals surface area contributed by atoms with Crippen LogP contribution in [0.5, 0.6) is 0 Å². The number of hydrogen-bond donors (Lipinski definition) is 0. The number of carbonyl (C=O) groups is 1. The Labute approximate surface area is 164 Å². The van der Waals surface area contributed by atoms with Crippen molar-refractivity contribution in [2.75, 3.05) is 13.1 Å². The van der Waals surface area contributed by atoms with Crippen LogP contribution in [-0.2, 0) is 4.79 Å². The zero-order valence-corrected chi connectivity index (χ0v) is 16.6. The molecule has 1 amide bonds. The first-order chi connectivity index (χ1) is 13.1. The zero-order valence-electron chi connectivity index (χ0n) is 15.8. The van der Waals surface area contributed by atoms with Crippen LogP contribution >= 0.6 is 11.8 Å². The Morgan fingerprint density at radius 2 is 1.74 bits per heavy atom. The van der Waals surface area contributed by atoms with Gasteiger partial charge in [0.15, 0.2) is 0 Å². The quantitative estimate of drug-likeness (QED) is 0.579. The highest BCUT2D eigenvalue weighted by Gasteiger charge is 2.29. The maximum Gasteiger partial charge on any atom is 0.240 e. The van der Waals surface area contributed by atoms with Crippen LogP contribution in [0.2, 0.25) is 0 Å². The van der Waals surface area contributed by atoms with Crippen LogP contribution < -0.4 is 0 Å². The number of nitrogens with zero attached hydrogens (tertiary/aromatic N) is 2. The molecule has 1 saturated heterocycles. The van der Waals surface area contributed by atoms with E-state index in [0.29, 0.717) is 0 Å². The highest BCUT2D eigenvalue weighted by Crippen LogP contribution is 2.38. The van der Waals surface area contributed by atoms with Gasteiger partial charge in [-0.2, -0.15) is 0 Å². The largest absolute Gasteiger partial charge is 0.341 e. The van der Waals surface area contributed by atoms with Crippen molar-refractivity contribution >= 4 is 28.6 Å². The molecule has 2 heterocycles. The average Bonchev–Trinajstić information content (AvgIpc) is 3.22. The fraction of sp³-hybridized carbons (Fsp3) is 0.304. The van der Waals surface area contributed by atoms with E-state index in [1.54, 1.807) is 11.8 Å². The molecule has 0 bridgehead atoms. The Balaban J connectivity index is 1.72. The summed E-state index contributed by atoms with van der Waals surface area (Å²) in [7, 11) is 0. The molecule has 27 heavy (non-hydrogen) atoms. The molecule has 3 nitrogen and oxygen atoms in total. The molecule has 0 spiro atoms. The third-order valence-corrected chi connectivity index (χ3v) is 6.37. The molecule has 2 aromatic carbocycles. The molecular formula is C23H24N2OS. The van der Waals surface area contributed by atoms with Gasteiger partial charge in [-0.15, -0.1) is 0 Å². The number of amides is 1. The molecule has 3 aromatic rings. The van der Waals surface area contributed by atoms with Gasteiger partial charge in [0.25, 0.3) is 0 Å². The standard InChI is InChI=1S/C23H24N2OS/c1-16-9-8-12-19-17(2)15-20(24-21(16)19)27-22(18-10-4-3-5-11-18)23(26)25-13-6-7-14-25/h3-5,8-12,15,22H,6-7,13-14H2,1-2H3/t22-/m1/s1. The summed E-state index contributed by atoms with van der Waals surface area (Å²) in [6.45, 7) is 5.94. The molecule has 4 heteroatoms. The molecule has 1 aliphatic heterocycles. The Morgan fingerprint density at radius 1 is 1.00 bits per heavy atom. The van der Waals surface area contributed by atoms with Gasteiger partial charge in [0.05, 0.1) is 10.5 Å². The van der Waals surface area contributed by atoms with Crippen molar-refractivity contribution in [3.05, 3.63) is 71.3 Å². The van der Waals surface area contributed by atoms with Crippen molar-refractivity contribution in [3.8, 4) is 0 Å². The lowest BCUT2D eigenvalue weighted by Gasteiger charge is -2.23. The summed E-state index contributed by atoms with van der Waals surface area (Å²) in [6, 6.07) is 18.5. The van der Waals surface area contributed by atoms with Crippen molar-refractivity contribution in [2.24, 2.45) is 0 Å². The smallest absolute Gasteiger partial charge is 0.240 e. The molecule has 0 saturated carbocycles. The molecule has 1 aliphatic rings. The molecule has 0 N–H and O–H groups in total. The number of fused-ring (bicyclic) bond motifs is 1. The highest BCUT2D eigenvalue weighted by atomic mass is 32.2. The van der Waals surface area contributed by atoms with Gasteiger partial charge in [-0.3, -0.25) is 4.79 Å². The topological polar surface area (TPSA) is 33.2 Å². The Kier molecular flexibility index (Phi) is 5.17. The summed E-state index contributed by atoms with van der Waals surface area (Å²) in [5.41, 5.74) is 4.44. The molecule has 1 fully saturated rings. The molecule has 0 unspecified atom stereocenters. The van der Waals surface area contributed by atoms with Crippen LogP contribution in [0.4, 0.5) is 0 Å². The molecule has 1 aromatic heterocycles. The first-order valence-corrected chi connectivity index (χ1v) is 10.4. The van der Waals surface area contributed by atoms with Gasteiger partial charge in [-0.05, 0) is 49.4 Å². The lowest BCUT2D eigenvalue weighted by molar-refractivity contribution is -0.129. The number of benzene rings is 2. The van der Waals surface area contributed by atoms with E-state index in [9.17, 15) is 4.79 Å². The summed E-state index contributed by atoms with van der Waals surface area (Å²) in [5, 5.41) is 1.84. The number of hydrogen-bond acceptors (Lipinski definition) is 3. The molecule has 0 aliphatic carbocycles. The Hall–Kier alpha value is -2.33. The van der Waals surface area contributed by atoms with Crippen molar-refractivity contribution in [1.82, 2.24) is 9.88 Å². The predicted molar refractivity (Wildman–Crippen MR) is 112 cm³/mol. The van der Waals surface area contributed by atoms with E-state index in [4.69, 9.17) is 4.98 Å². The van der Waals surface area contributed by atoms with Gasteiger partial charge < -0.3 is 4.90 Å². The van der Waals surface area contributed by atoms with Crippen LogP contribution in [0.1, 0.15) is 34.8 Å². The fourth-order valence-corrected chi connectivity index (χ4v) is 4.88. The fourth-order valence-electron chi connectivity index (χ4n) is 3.70. The van der Waals surface area contributed by atoms with Gasteiger partial charge in [0.2, 0.25) is 5.91 Å². The number of pyridine rings is 1. The number of para-hydroxylation sites is 1. The van der Waals surface area contributed by atoms with Crippen molar-refractivity contribution < 1.29 is 4.79 Å². The number of rotatable bonds is 4. The Morgan fingerprint density at radius 3 is 2.48 bits per heavy atom. The number of carbonyl (C=O) groups excluding carboxylic acids is 1. The van der Waals surface area contributed by atoms with E-state index < -0.39 is 0 Å². The normalized spacial score (nSPS) is 15.3. The van der Waals surface area contributed by atoms with Crippen molar-refractivity contribution in [3.63, 3.8) is 0 Å². The first kappa shape index (κ1) is 18.1. The van der Waals surface area contributed by atoms with E-state index >= 15 is 0 Å². The van der Waals surface area contributed by atoms with Gasteiger partial charge in [-0.25, -0.2) is 4.98 Å². The monoisotopic (exact) mass is 376 g/mol. The molecule has 4 rings (SSSR count). The maximum absolute atomic E-state index is 13.2. The SMILES string of the molecule is Cc1cc(S[C@@H](C(=O)N2CCCC2)c2ccccc2)nc2c(C)cccc12. The lowest BCUT2D eigenvalue weighted by Crippen LogP contribution is -2.31. The lowest BCUT2D eigenvalue weighted by atomic mass is 10.1. The van der Waals surface area contributed by atoms with Crippen molar-refractivity contribution in [1.29, 1.82) is 0 Å². The van der Waals surface area contributed by atoms with Crippen LogP contribution in [0.15, 0.2) is 59.6 Å². The van der Waals surface area contributed by atoms with Gasteiger partial charge >= 0.3 is 0 Å². The molecule has 0 radical (unpaired) electrons. The van der Waals surface area contributed by atoms with Crippen LogP contribution in [0.3, 0.4) is 0 Å². The minimum absolute atomic E-state index is 0.202. The second-order valence-corrected chi connectivity index (χ2v) is 8.31. The molecule has 1 atom stereocenters.